The van der Waals surface area contributed by atoms with Crippen molar-refractivity contribution in [2.24, 2.45) is 5.73 Å². The standard InChI is InChI=1S/C27H30F2N4O3/c1-18-5-9-21(10-6-18)31-26(34)25(4-2-3-15-30)33-27(35)32-22-11-13-23(14-12-22)36-17-19-7-8-20(28)16-24(19)29/h5-14,16,25H,2-4,15,17,30H2,1H3,(H,31,34)(H2,32,33,35)/t25-/m0/s1. The number of benzene rings is 3. The maximum atomic E-state index is 13.7. The normalized spacial score (nSPS) is 11.4. The first kappa shape index (κ1) is 26.6. The number of carbonyl (C=O) groups excluding carboxylic acids is 2. The molecule has 5 N–H and O–H groups in total. The quantitative estimate of drug-likeness (QED) is 0.277. The number of hydrogen-bond acceptors (Lipinski definition) is 4. The fourth-order valence-corrected chi connectivity index (χ4v) is 3.39. The van der Waals surface area contributed by atoms with Crippen molar-refractivity contribution in [1.82, 2.24) is 5.32 Å². The van der Waals surface area contributed by atoms with E-state index in [1.807, 2.05) is 19.1 Å². The van der Waals surface area contributed by atoms with Gasteiger partial charge >= 0.3 is 6.03 Å². The smallest absolute Gasteiger partial charge is 0.319 e. The van der Waals surface area contributed by atoms with E-state index in [1.165, 1.54) is 6.07 Å². The molecule has 3 aromatic carbocycles. The molecule has 36 heavy (non-hydrogen) atoms. The zero-order valence-electron chi connectivity index (χ0n) is 20.0. The number of amides is 3. The topological polar surface area (TPSA) is 105 Å². The zero-order valence-corrected chi connectivity index (χ0v) is 20.0. The van der Waals surface area contributed by atoms with E-state index in [0.29, 0.717) is 36.5 Å². The second-order valence-electron chi connectivity index (χ2n) is 8.34. The average molecular weight is 497 g/mol. The molecule has 0 saturated heterocycles. The van der Waals surface area contributed by atoms with Crippen molar-refractivity contribution < 1.29 is 23.1 Å². The Morgan fingerprint density at radius 2 is 1.58 bits per heavy atom. The zero-order chi connectivity index (χ0) is 25.9. The first-order valence-corrected chi connectivity index (χ1v) is 11.7. The van der Waals surface area contributed by atoms with E-state index in [0.717, 1.165) is 24.1 Å². The first-order valence-electron chi connectivity index (χ1n) is 11.7. The van der Waals surface area contributed by atoms with Crippen LogP contribution in [0.5, 0.6) is 5.75 Å². The van der Waals surface area contributed by atoms with Gasteiger partial charge in [-0.1, -0.05) is 17.7 Å². The van der Waals surface area contributed by atoms with E-state index < -0.39 is 23.7 Å². The predicted molar refractivity (Wildman–Crippen MR) is 136 cm³/mol. The van der Waals surface area contributed by atoms with Gasteiger partial charge in [-0.05, 0) is 81.3 Å². The molecule has 3 aromatic rings. The lowest BCUT2D eigenvalue weighted by atomic mass is 10.1. The molecule has 0 unspecified atom stereocenters. The molecule has 7 nitrogen and oxygen atoms in total. The minimum absolute atomic E-state index is 0.0695. The average Bonchev–Trinajstić information content (AvgIpc) is 2.85. The van der Waals surface area contributed by atoms with Crippen molar-refractivity contribution in [3.8, 4) is 5.75 Å². The molecular weight excluding hydrogens is 466 g/mol. The van der Waals surface area contributed by atoms with Crippen LogP contribution >= 0.6 is 0 Å². The predicted octanol–water partition coefficient (Wildman–Crippen LogP) is 5.11. The number of carbonyl (C=O) groups is 2. The van der Waals surface area contributed by atoms with Gasteiger partial charge in [0.2, 0.25) is 5.91 Å². The van der Waals surface area contributed by atoms with Gasteiger partial charge in [-0.2, -0.15) is 0 Å². The largest absolute Gasteiger partial charge is 0.489 e. The highest BCUT2D eigenvalue weighted by atomic mass is 19.1. The number of nitrogens with two attached hydrogens (primary N) is 1. The second kappa shape index (κ2) is 13.2. The monoisotopic (exact) mass is 496 g/mol. The molecule has 190 valence electrons. The van der Waals surface area contributed by atoms with Gasteiger partial charge in [-0.3, -0.25) is 4.79 Å². The molecule has 0 saturated carbocycles. The van der Waals surface area contributed by atoms with Gasteiger partial charge in [0.05, 0.1) is 0 Å². The number of rotatable bonds is 11. The number of nitrogens with one attached hydrogen (secondary N) is 3. The number of halogens is 2. The van der Waals surface area contributed by atoms with E-state index in [1.54, 1.807) is 36.4 Å². The third kappa shape index (κ3) is 8.35. The summed E-state index contributed by atoms with van der Waals surface area (Å²) in [7, 11) is 0. The van der Waals surface area contributed by atoms with Crippen LogP contribution in [0.3, 0.4) is 0 Å². The van der Waals surface area contributed by atoms with Crippen LogP contribution in [0.2, 0.25) is 0 Å². The number of ether oxygens (including phenoxy) is 1. The lowest BCUT2D eigenvalue weighted by molar-refractivity contribution is -0.118. The van der Waals surface area contributed by atoms with Crippen molar-refractivity contribution in [1.29, 1.82) is 0 Å². The first-order chi connectivity index (χ1) is 17.3. The molecule has 9 heteroatoms. The van der Waals surface area contributed by atoms with Gasteiger partial charge in [0, 0.05) is 23.0 Å². The SMILES string of the molecule is Cc1ccc(NC(=O)[C@H](CCCCN)NC(=O)Nc2ccc(OCc3ccc(F)cc3F)cc2)cc1. The summed E-state index contributed by atoms with van der Waals surface area (Å²) in [5.41, 5.74) is 7.99. The molecular formula is C27H30F2N4O3. The van der Waals surface area contributed by atoms with Crippen LogP contribution in [-0.2, 0) is 11.4 Å². The minimum atomic E-state index is -0.744. The van der Waals surface area contributed by atoms with Gasteiger partial charge in [-0.15, -0.1) is 0 Å². The van der Waals surface area contributed by atoms with E-state index in [9.17, 15) is 18.4 Å². The highest BCUT2D eigenvalue weighted by molar-refractivity contribution is 5.99. The highest BCUT2D eigenvalue weighted by Crippen LogP contribution is 2.19. The van der Waals surface area contributed by atoms with Crippen molar-refractivity contribution in [3.05, 3.63) is 89.5 Å². The van der Waals surface area contributed by atoms with Crippen molar-refractivity contribution in [3.63, 3.8) is 0 Å². The molecule has 1 atom stereocenters. The Morgan fingerprint density at radius 1 is 0.917 bits per heavy atom. The van der Waals surface area contributed by atoms with Crippen LogP contribution in [0.25, 0.3) is 0 Å². The van der Waals surface area contributed by atoms with Crippen LogP contribution < -0.4 is 26.4 Å². The highest BCUT2D eigenvalue weighted by Gasteiger charge is 2.20. The van der Waals surface area contributed by atoms with Gasteiger partial charge in [0.1, 0.15) is 30.0 Å². The summed E-state index contributed by atoms with van der Waals surface area (Å²) in [6.45, 7) is 2.39. The Kier molecular flexibility index (Phi) is 9.76. The van der Waals surface area contributed by atoms with Crippen molar-refractivity contribution >= 4 is 23.3 Å². The molecule has 3 rings (SSSR count). The number of unbranched alkanes of at least 4 members (excludes halogenated alkanes) is 1. The maximum absolute atomic E-state index is 13.7. The van der Waals surface area contributed by atoms with E-state index in [2.05, 4.69) is 16.0 Å². The molecule has 0 fully saturated rings. The van der Waals surface area contributed by atoms with Crippen LogP contribution in [-0.4, -0.2) is 24.5 Å². The molecule has 0 bridgehead atoms. The molecule has 0 aliphatic heterocycles. The van der Waals surface area contributed by atoms with Gasteiger partial charge in [-0.25, -0.2) is 13.6 Å². The number of hydrogen-bond donors (Lipinski definition) is 4. The molecule has 0 heterocycles. The van der Waals surface area contributed by atoms with E-state index >= 15 is 0 Å². The minimum Gasteiger partial charge on any atom is -0.489 e. The van der Waals surface area contributed by atoms with E-state index in [-0.39, 0.29) is 18.1 Å². The molecule has 0 radical (unpaired) electrons. The fourth-order valence-electron chi connectivity index (χ4n) is 3.39. The maximum Gasteiger partial charge on any atom is 0.319 e. The van der Waals surface area contributed by atoms with Crippen LogP contribution in [0, 0.1) is 18.6 Å². The second-order valence-corrected chi connectivity index (χ2v) is 8.34. The summed E-state index contributed by atoms with van der Waals surface area (Å²) in [6.07, 6.45) is 1.86. The fraction of sp³-hybridized carbons (Fsp3) is 0.259. The Labute approximate surface area is 209 Å². The van der Waals surface area contributed by atoms with Crippen LogP contribution in [0.1, 0.15) is 30.4 Å². The summed E-state index contributed by atoms with van der Waals surface area (Å²) in [5.74, 6) is -1.21. The summed E-state index contributed by atoms with van der Waals surface area (Å²) >= 11 is 0. The lowest BCUT2D eigenvalue weighted by Gasteiger charge is -2.19. The van der Waals surface area contributed by atoms with Crippen LogP contribution in [0.15, 0.2) is 66.7 Å². The Hall–Kier alpha value is -3.98. The van der Waals surface area contributed by atoms with Gasteiger partial charge in [0.25, 0.3) is 0 Å². The summed E-state index contributed by atoms with van der Waals surface area (Å²) in [5, 5.41) is 8.25. The Balaban J connectivity index is 1.55. The summed E-state index contributed by atoms with van der Waals surface area (Å²) in [6, 6.07) is 15.9. The number of urea groups is 1. The molecule has 3 amide bonds. The van der Waals surface area contributed by atoms with Gasteiger partial charge in [0.15, 0.2) is 0 Å². The lowest BCUT2D eigenvalue weighted by Crippen LogP contribution is -2.45. The third-order valence-electron chi connectivity index (χ3n) is 5.41. The number of anilines is 2. The Bertz CT molecular complexity index is 1150. The van der Waals surface area contributed by atoms with Crippen molar-refractivity contribution in [2.45, 2.75) is 38.8 Å². The molecule has 0 spiro atoms. The molecule has 0 aliphatic carbocycles. The third-order valence-corrected chi connectivity index (χ3v) is 5.41. The molecule has 0 aromatic heterocycles. The summed E-state index contributed by atoms with van der Waals surface area (Å²) < 4.78 is 32.3. The van der Waals surface area contributed by atoms with Crippen molar-refractivity contribution in [2.75, 3.05) is 17.2 Å². The van der Waals surface area contributed by atoms with Crippen LogP contribution in [0.4, 0.5) is 25.0 Å². The van der Waals surface area contributed by atoms with E-state index in [4.69, 9.17) is 10.5 Å². The molecule has 0 aliphatic rings. The van der Waals surface area contributed by atoms with Gasteiger partial charge < -0.3 is 26.4 Å². The number of aryl methyl sites for hydroxylation is 1. The summed E-state index contributed by atoms with van der Waals surface area (Å²) in [4.78, 5) is 25.4. The Morgan fingerprint density at radius 3 is 2.25 bits per heavy atom.